The summed E-state index contributed by atoms with van der Waals surface area (Å²) in [6.07, 6.45) is 6.90. The summed E-state index contributed by atoms with van der Waals surface area (Å²) in [5, 5.41) is 3.94. The molecule has 3 rings (SSSR count). The number of halogens is 1. The van der Waals surface area contributed by atoms with E-state index in [1.54, 1.807) is 23.7 Å². The number of nitrogens with zero attached hydrogens (tertiary/aromatic N) is 4. The third kappa shape index (κ3) is 2.44. The van der Waals surface area contributed by atoms with Crippen LogP contribution in [0.3, 0.4) is 0 Å². The Morgan fingerprint density at radius 3 is 3.00 bits per heavy atom. The van der Waals surface area contributed by atoms with E-state index in [9.17, 15) is 9.18 Å². The van der Waals surface area contributed by atoms with Crippen molar-refractivity contribution < 1.29 is 9.18 Å². The highest BCUT2D eigenvalue weighted by atomic mass is 32.1. The van der Waals surface area contributed by atoms with E-state index in [0.29, 0.717) is 15.2 Å². The fourth-order valence-corrected chi connectivity index (χ4v) is 3.16. The van der Waals surface area contributed by atoms with Crippen molar-refractivity contribution in [2.24, 2.45) is 12.0 Å². The molecule has 0 bridgehead atoms. The van der Waals surface area contributed by atoms with Gasteiger partial charge in [-0.3, -0.25) is 9.48 Å². The number of terminal acetylenes is 1. The second-order valence-corrected chi connectivity index (χ2v) is 5.55. The highest BCUT2D eigenvalue weighted by Gasteiger charge is 2.11. The summed E-state index contributed by atoms with van der Waals surface area (Å²) in [7, 11) is 1.67. The fraction of sp³-hybridized carbons (Fsp3) is 0.133. The lowest BCUT2D eigenvalue weighted by molar-refractivity contribution is 0.0989. The molecule has 0 unspecified atom stereocenters. The van der Waals surface area contributed by atoms with Crippen molar-refractivity contribution in [3.05, 3.63) is 46.8 Å². The number of aromatic nitrogens is 3. The molecule has 22 heavy (non-hydrogen) atoms. The van der Waals surface area contributed by atoms with Crippen LogP contribution < -0.4 is 4.80 Å². The lowest BCUT2D eigenvalue weighted by Crippen LogP contribution is -2.17. The summed E-state index contributed by atoms with van der Waals surface area (Å²) in [5.41, 5.74) is 1.12. The molecule has 7 heteroatoms. The van der Waals surface area contributed by atoms with Crippen LogP contribution >= 0.6 is 11.3 Å². The van der Waals surface area contributed by atoms with Gasteiger partial charge >= 0.3 is 0 Å². The van der Waals surface area contributed by atoms with Gasteiger partial charge in [0.1, 0.15) is 11.5 Å². The van der Waals surface area contributed by atoms with Crippen LogP contribution in [0.2, 0.25) is 0 Å². The molecule has 0 radical (unpaired) electrons. The standard InChI is InChI=1S/C15H11FN4OS/c1-3-8-20-11-5-4-10(16)9-13(11)22-15(20)18-14(21)12-6-7-17-19(12)2/h1,4-7,9H,8H2,2H3. The molecule has 5 nitrogen and oxygen atoms in total. The monoisotopic (exact) mass is 314 g/mol. The molecule has 110 valence electrons. The number of aryl methyl sites for hydroxylation is 1. The van der Waals surface area contributed by atoms with Crippen molar-refractivity contribution >= 4 is 27.5 Å². The molecule has 0 N–H and O–H groups in total. The van der Waals surface area contributed by atoms with Crippen molar-refractivity contribution in [3.8, 4) is 12.3 Å². The molecule has 1 amide bonds. The lowest BCUT2D eigenvalue weighted by atomic mass is 10.3. The number of fused-ring (bicyclic) bond motifs is 1. The van der Waals surface area contributed by atoms with Crippen LogP contribution in [0.15, 0.2) is 35.5 Å². The van der Waals surface area contributed by atoms with Gasteiger partial charge in [0, 0.05) is 13.2 Å². The molecule has 0 aliphatic heterocycles. The largest absolute Gasteiger partial charge is 0.305 e. The van der Waals surface area contributed by atoms with Gasteiger partial charge in [-0.2, -0.15) is 10.1 Å². The van der Waals surface area contributed by atoms with E-state index in [1.807, 2.05) is 0 Å². The number of benzene rings is 1. The topological polar surface area (TPSA) is 52.2 Å². The number of hydrogen-bond acceptors (Lipinski definition) is 3. The van der Waals surface area contributed by atoms with Crippen LogP contribution in [0, 0.1) is 18.2 Å². The highest BCUT2D eigenvalue weighted by molar-refractivity contribution is 7.16. The smallest absolute Gasteiger partial charge is 0.297 e. The molecule has 0 saturated carbocycles. The molecule has 0 aliphatic rings. The molecular weight excluding hydrogens is 303 g/mol. The van der Waals surface area contributed by atoms with Gasteiger partial charge in [0.15, 0.2) is 4.80 Å². The van der Waals surface area contributed by atoms with Crippen LogP contribution in [0.1, 0.15) is 10.5 Å². The Morgan fingerprint density at radius 1 is 1.50 bits per heavy atom. The van der Waals surface area contributed by atoms with Crippen LogP contribution in [0.25, 0.3) is 10.2 Å². The van der Waals surface area contributed by atoms with Gasteiger partial charge in [-0.05, 0) is 24.3 Å². The van der Waals surface area contributed by atoms with E-state index in [4.69, 9.17) is 6.42 Å². The summed E-state index contributed by atoms with van der Waals surface area (Å²) in [4.78, 5) is 16.8. The minimum atomic E-state index is -0.419. The van der Waals surface area contributed by atoms with E-state index in [2.05, 4.69) is 16.0 Å². The summed E-state index contributed by atoms with van der Waals surface area (Å²) in [5.74, 6) is 1.76. The van der Waals surface area contributed by atoms with Crippen LogP contribution in [-0.2, 0) is 13.6 Å². The molecule has 3 aromatic rings. The van der Waals surface area contributed by atoms with Crippen LogP contribution in [0.4, 0.5) is 4.39 Å². The van der Waals surface area contributed by atoms with Crippen molar-refractivity contribution in [3.63, 3.8) is 0 Å². The average molecular weight is 314 g/mol. The maximum Gasteiger partial charge on any atom is 0.297 e. The summed E-state index contributed by atoms with van der Waals surface area (Å²) >= 11 is 1.22. The van der Waals surface area contributed by atoms with Crippen LogP contribution in [0.5, 0.6) is 0 Å². The number of rotatable bonds is 2. The third-order valence-electron chi connectivity index (χ3n) is 3.13. The van der Waals surface area contributed by atoms with Crippen LogP contribution in [-0.4, -0.2) is 20.3 Å². The molecular formula is C15H11FN4OS. The van der Waals surface area contributed by atoms with Crippen molar-refractivity contribution in [2.45, 2.75) is 6.54 Å². The predicted octanol–water partition coefficient (Wildman–Crippen LogP) is 1.95. The van der Waals surface area contributed by atoms with E-state index in [1.165, 1.54) is 34.3 Å². The second kappa shape index (κ2) is 5.58. The molecule has 0 fully saturated rings. The van der Waals surface area contributed by atoms with E-state index in [0.717, 1.165) is 5.52 Å². The Kier molecular flexibility index (Phi) is 3.61. The fourth-order valence-electron chi connectivity index (χ4n) is 2.10. The Morgan fingerprint density at radius 2 is 2.32 bits per heavy atom. The number of carbonyl (C=O) groups excluding carboxylic acids is 1. The number of carbonyl (C=O) groups is 1. The highest BCUT2D eigenvalue weighted by Crippen LogP contribution is 2.18. The normalized spacial score (nSPS) is 11.8. The lowest BCUT2D eigenvalue weighted by Gasteiger charge is -1.99. The number of hydrogen-bond donors (Lipinski definition) is 0. The van der Waals surface area contributed by atoms with Gasteiger partial charge in [0.25, 0.3) is 5.91 Å². The third-order valence-corrected chi connectivity index (χ3v) is 4.17. The maximum absolute atomic E-state index is 13.4. The van der Waals surface area contributed by atoms with E-state index >= 15 is 0 Å². The first-order chi connectivity index (χ1) is 10.6. The minimum Gasteiger partial charge on any atom is -0.305 e. The Balaban J connectivity index is 2.19. The van der Waals surface area contributed by atoms with Gasteiger partial charge in [0.05, 0.1) is 16.8 Å². The number of amides is 1. The van der Waals surface area contributed by atoms with Gasteiger partial charge in [0.2, 0.25) is 0 Å². The predicted molar refractivity (Wildman–Crippen MR) is 81.7 cm³/mol. The summed E-state index contributed by atoms with van der Waals surface area (Å²) < 4.78 is 17.2. The molecule has 2 aromatic heterocycles. The van der Waals surface area contributed by atoms with Crippen molar-refractivity contribution in [2.75, 3.05) is 0 Å². The Hall–Kier alpha value is -2.72. The first-order valence-electron chi connectivity index (χ1n) is 6.39. The molecule has 2 heterocycles. The number of thiazole rings is 1. The maximum atomic E-state index is 13.4. The molecule has 0 spiro atoms. The van der Waals surface area contributed by atoms with Gasteiger partial charge in [-0.1, -0.05) is 17.3 Å². The Bertz CT molecular complexity index is 973. The van der Waals surface area contributed by atoms with E-state index in [-0.39, 0.29) is 12.4 Å². The molecule has 0 aliphatic carbocycles. The zero-order chi connectivity index (χ0) is 15.7. The van der Waals surface area contributed by atoms with Gasteiger partial charge in [-0.15, -0.1) is 6.42 Å². The second-order valence-electron chi connectivity index (χ2n) is 4.54. The zero-order valence-corrected chi connectivity index (χ0v) is 12.5. The van der Waals surface area contributed by atoms with Crippen molar-refractivity contribution in [1.82, 2.24) is 14.3 Å². The molecule has 0 atom stereocenters. The van der Waals surface area contributed by atoms with E-state index < -0.39 is 5.91 Å². The molecule has 0 saturated heterocycles. The Labute approximate surface area is 129 Å². The van der Waals surface area contributed by atoms with Crippen molar-refractivity contribution in [1.29, 1.82) is 0 Å². The van der Waals surface area contributed by atoms with Gasteiger partial charge < -0.3 is 4.57 Å². The van der Waals surface area contributed by atoms with Gasteiger partial charge in [-0.25, -0.2) is 4.39 Å². The molecule has 1 aromatic carbocycles. The summed E-state index contributed by atoms with van der Waals surface area (Å²) in [6, 6.07) is 5.98. The summed E-state index contributed by atoms with van der Waals surface area (Å²) in [6.45, 7) is 0.253. The minimum absolute atomic E-state index is 0.253. The first kappa shape index (κ1) is 14.2. The SMILES string of the molecule is C#CCn1c(=NC(=O)c2ccnn2C)sc2cc(F)ccc21. The first-order valence-corrected chi connectivity index (χ1v) is 7.21. The average Bonchev–Trinajstić information content (AvgIpc) is 3.03. The quantitative estimate of drug-likeness (QED) is 0.679. The zero-order valence-electron chi connectivity index (χ0n) is 11.7.